The Labute approximate surface area is 115 Å². The number of hydrogen-bond donors (Lipinski definition) is 1. The molecular formula is C16H24FNO. The van der Waals surface area contributed by atoms with Crippen LogP contribution in [0.2, 0.25) is 0 Å². The highest BCUT2D eigenvalue weighted by atomic mass is 19.1. The first-order valence-corrected chi connectivity index (χ1v) is 7.00. The fraction of sp³-hybridized carbons (Fsp3) is 0.625. The summed E-state index contributed by atoms with van der Waals surface area (Å²) in [5.74, 6) is -0.154. The van der Waals surface area contributed by atoms with Gasteiger partial charge in [0, 0.05) is 30.7 Å². The van der Waals surface area contributed by atoms with Crippen LogP contribution >= 0.6 is 0 Å². The summed E-state index contributed by atoms with van der Waals surface area (Å²) in [6.45, 7) is 8.84. The van der Waals surface area contributed by atoms with Gasteiger partial charge in [-0.05, 0) is 51.3 Å². The predicted molar refractivity (Wildman–Crippen MR) is 75.9 cm³/mol. The lowest BCUT2D eigenvalue weighted by Crippen LogP contribution is -2.48. The summed E-state index contributed by atoms with van der Waals surface area (Å²) in [6, 6.07) is 7.03. The molecule has 1 heterocycles. The molecule has 3 heteroatoms. The number of hydrogen-bond acceptors (Lipinski definition) is 2. The van der Waals surface area contributed by atoms with E-state index in [4.69, 9.17) is 4.74 Å². The van der Waals surface area contributed by atoms with Gasteiger partial charge in [0.05, 0.1) is 0 Å². The molecule has 1 aromatic rings. The molecule has 0 aromatic heterocycles. The molecule has 2 nitrogen and oxygen atoms in total. The monoisotopic (exact) mass is 265 g/mol. The van der Waals surface area contributed by atoms with Gasteiger partial charge in [-0.3, -0.25) is 0 Å². The van der Waals surface area contributed by atoms with Crippen LogP contribution in [-0.2, 0) is 10.2 Å². The summed E-state index contributed by atoms with van der Waals surface area (Å²) < 4.78 is 19.0. The Bertz CT molecular complexity index is 419. The number of nitrogens with one attached hydrogen (secondary N) is 1. The Hall–Kier alpha value is -0.930. The normalized spacial score (nSPS) is 19.4. The van der Waals surface area contributed by atoms with Crippen molar-refractivity contribution in [3.63, 3.8) is 0 Å². The average molecular weight is 265 g/mol. The van der Waals surface area contributed by atoms with Crippen molar-refractivity contribution in [1.29, 1.82) is 0 Å². The van der Waals surface area contributed by atoms with E-state index in [2.05, 4.69) is 26.1 Å². The van der Waals surface area contributed by atoms with Crippen molar-refractivity contribution in [2.75, 3.05) is 19.8 Å². The van der Waals surface area contributed by atoms with E-state index < -0.39 is 0 Å². The minimum absolute atomic E-state index is 0.00632. The van der Waals surface area contributed by atoms with Gasteiger partial charge in [-0.1, -0.05) is 12.1 Å². The van der Waals surface area contributed by atoms with Crippen LogP contribution in [0.4, 0.5) is 4.39 Å². The second kappa shape index (κ2) is 5.59. The molecule has 1 aromatic carbocycles. The van der Waals surface area contributed by atoms with E-state index in [9.17, 15) is 4.39 Å². The lowest BCUT2D eigenvalue weighted by atomic mass is 9.73. The maximum atomic E-state index is 13.5. The molecule has 0 saturated carbocycles. The SMILES string of the molecule is CC(C)(C)NCC1(c2cccc(F)c2)CCOCC1. The van der Waals surface area contributed by atoms with Crippen molar-refractivity contribution in [2.24, 2.45) is 0 Å². The molecule has 0 atom stereocenters. The standard InChI is InChI=1S/C16H24FNO/c1-15(2,3)18-12-16(7-9-19-10-8-16)13-5-4-6-14(17)11-13/h4-6,11,18H,7-10,12H2,1-3H3. The van der Waals surface area contributed by atoms with Crippen LogP contribution in [0.15, 0.2) is 24.3 Å². The van der Waals surface area contributed by atoms with Crippen LogP contribution < -0.4 is 5.32 Å². The highest BCUT2D eigenvalue weighted by Crippen LogP contribution is 2.35. The van der Waals surface area contributed by atoms with Crippen LogP contribution in [0.3, 0.4) is 0 Å². The first kappa shape index (κ1) is 14.5. The third-order valence-corrected chi connectivity index (χ3v) is 3.84. The van der Waals surface area contributed by atoms with E-state index in [0.717, 1.165) is 38.2 Å². The molecule has 2 rings (SSSR count). The third-order valence-electron chi connectivity index (χ3n) is 3.84. The molecule has 1 aliphatic rings. The summed E-state index contributed by atoms with van der Waals surface area (Å²) in [5, 5.41) is 3.57. The van der Waals surface area contributed by atoms with Gasteiger partial charge in [0.25, 0.3) is 0 Å². The fourth-order valence-corrected chi connectivity index (χ4v) is 2.58. The molecule has 19 heavy (non-hydrogen) atoms. The highest BCUT2D eigenvalue weighted by Gasteiger charge is 2.35. The minimum Gasteiger partial charge on any atom is -0.381 e. The Morgan fingerprint density at radius 1 is 1.26 bits per heavy atom. The number of benzene rings is 1. The molecule has 0 spiro atoms. The van der Waals surface area contributed by atoms with Crippen LogP contribution in [0.1, 0.15) is 39.2 Å². The van der Waals surface area contributed by atoms with Crippen LogP contribution in [0.25, 0.3) is 0 Å². The van der Waals surface area contributed by atoms with Gasteiger partial charge in [-0.2, -0.15) is 0 Å². The van der Waals surface area contributed by atoms with E-state index in [1.54, 1.807) is 12.1 Å². The van der Waals surface area contributed by atoms with Gasteiger partial charge in [0.15, 0.2) is 0 Å². The van der Waals surface area contributed by atoms with Crippen molar-refractivity contribution in [1.82, 2.24) is 5.32 Å². The zero-order valence-electron chi connectivity index (χ0n) is 12.1. The van der Waals surface area contributed by atoms with Crippen LogP contribution in [-0.4, -0.2) is 25.3 Å². The molecule has 106 valence electrons. The average Bonchev–Trinajstić information content (AvgIpc) is 2.37. The van der Waals surface area contributed by atoms with Gasteiger partial charge in [-0.15, -0.1) is 0 Å². The molecule has 1 aliphatic heterocycles. The van der Waals surface area contributed by atoms with Crippen molar-refractivity contribution in [3.05, 3.63) is 35.6 Å². The van der Waals surface area contributed by atoms with E-state index in [0.29, 0.717) is 0 Å². The van der Waals surface area contributed by atoms with Gasteiger partial charge < -0.3 is 10.1 Å². The molecule has 0 aliphatic carbocycles. The first-order chi connectivity index (χ1) is 8.91. The second-order valence-corrected chi connectivity index (χ2v) is 6.51. The van der Waals surface area contributed by atoms with Gasteiger partial charge >= 0.3 is 0 Å². The van der Waals surface area contributed by atoms with Crippen molar-refractivity contribution in [3.8, 4) is 0 Å². The molecule has 0 amide bonds. The Kier molecular flexibility index (Phi) is 4.26. The van der Waals surface area contributed by atoms with Crippen LogP contribution in [0.5, 0.6) is 0 Å². The lowest BCUT2D eigenvalue weighted by molar-refractivity contribution is 0.0475. The highest BCUT2D eigenvalue weighted by molar-refractivity contribution is 5.27. The van der Waals surface area contributed by atoms with Crippen molar-refractivity contribution in [2.45, 2.75) is 44.6 Å². The van der Waals surface area contributed by atoms with Gasteiger partial charge in [0.1, 0.15) is 5.82 Å². The van der Waals surface area contributed by atoms with E-state index in [1.807, 2.05) is 6.07 Å². The Balaban J connectivity index is 2.24. The van der Waals surface area contributed by atoms with E-state index in [-0.39, 0.29) is 16.8 Å². The predicted octanol–water partition coefficient (Wildman–Crippen LogP) is 3.26. The lowest BCUT2D eigenvalue weighted by Gasteiger charge is -2.40. The second-order valence-electron chi connectivity index (χ2n) is 6.51. The minimum atomic E-state index is -0.154. The van der Waals surface area contributed by atoms with Crippen molar-refractivity contribution >= 4 is 0 Å². The first-order valence-electron chi connectivity index (χ1n) is 7.00. The topological polar surface area (TPSA) is 21.3 Å². The van der Waals surface area contributed by atoms with E-state index in [1.165, 1.54) is 6.07 Å². The summed E-state index contributed by atoms with van der Waals surface area (Å²) in [7, 11) is 0. The smallest absolute Gasteiger partial charge is 0.123 e. The fourth-order valence-electron chi connectivity index (χ4n) is 2.58. The molecule has 1 N–H and O–H groups in total. The number of halogens is 1. The molecule has 0 bridgehead atoms. The molecular weight excluding hydrogens is 241 g/mol. The zero-order chi connectivity index (χ0) is 13.9. The largest absolute Gasteiger partial charge is 0.381 e. The Morgan fingerprint density at radius 2 is 1.95 bits per heavy atom. The van der Waals surface area contributed by atoms with Gasteiger partial charge in [0.2, 0.25) is 0 Å². The van der Waals surface area contributed by atoms with Crippen molar-refractivity contribution < 1.29 is 9.13 Å². The third kappa shape index (κ3) is 3.77. The maximum Gasteiger partial charge on any atom is 0.123 e. The Morgan fingerprint density at radius 3 is 2.53 bits per heavy atom. The van der Waals surface area contributed by atoms with Crippen LogP contribution in [0, 0.1) is 5.82 Å². The van der Waals surface area contributed by atoms with E-state index >= 15 is 0 Å². The van der Waals surface area contributed by atoms with Gasteiger partial charge in [-0.25, -0.2) is 4.39 Å². The maximum absolute atomic E-state index is 13.5. The molecule has 0 unspecified atom stereocenters. The number of rotatable bonds is 3. The molecule has 0 radical (unpaired) electrons. The summed E-state index contributed by atoms with van der Waals surface area (Å²) in [4.78, 5) is 0. The quantitative estimate of drug-likeness (QED) is 0.905. The zero-order valence-corrected chi connectivity index (χ0v) is 12.1. The summed E-state index contributed by atoms with van der Waals surface area (Å²) >= 11 is 0. The molecule has 1 fully saturated rings. The molecule has 1 saturated heterocycles. The number of ether oxygens (including phenoxy) is 1. The summed E-state index contributed by atoms with van der Waals surface area (Å²) in [6.07, 6.45) is 1.89. The summed E-state index contributed by atoms with van der Waals surface area (Å²) in [5.41, 5.74) is 1.15.